The average Bonchev–Trinajstić information content (AvgIpc) is 2.47. The van der Waals surface area contributed by atoms with Gasteiger partial charge in [-0.3, -0.25) is 0 Å². The van der Waals surface area contributed by atoms with Gasteiger partial charge in [0.2, 0.25) is 10.0 Å². The lowest BCUT2D eigenvalue weighted by molar-refractivity contribution is 0.387. The maximum atomic E-state index is 12.8. The van der Waals surface area contributed by atoms with Crippen molar-refractivity contribution in [3.8, 4) is 5.75 Å². The fourth-order valence-electron chi connectivity index (χ4n) is 2.23. The third-order valence-corrected chi connectivity index (χ3v) is 5.11. The predicted octanol–water partition coefficient (Wildman–Crippen LogP) is 2.23. The number of ether oxygens (including phenoxy) is 1. The first-order valence-electron chi connectivity index (χ1n) is 7.32. The van der Waals surface area contributed by atoms with Crippen molar-refractivity contribution < 1.29 is 13.2 Å². The van der Waals surface area contributed by atoms with Crippen molar-refractivity contribution in [1.82, 2.24) is 9.62 Å². The van der Waals surface area contributed by atoms with Crippen LogP contribution in [-0.4, -0.2) is 40.0 Å². The highest BCUT2D eigenvalue weighted by Crippen LogP contribution is 2.28. The summed E-state index contributed by atoms with van der Waals surface area (Å²) in [5, 5.41) is 3.04. The van der Waals surface area contributed by atoms with Crippen molar-refractivity contribution >= 4 is 10.0 Å². The molecule has 0 saturated heterocycles. The van der Waals surface area contributed by atoms with Crippen molar-refractivity contribution in [2.24, 2.45) is 0 Å². The van der Waals surface area contributed by atoms with E-state index in [0.29, 0.717) is 25.4 Å². The number of benzene rings is 1. The Bertz CT molecular complexity index is 538. The van der Waals surface area contributed by atoms with Gasteiger partial charge in [0, 0.05) is 19.6 Å². The first-order chi connectivity index (χ1) is 10.0. The number of hydrogen-bond donors (Lipinski definition) is 1. The Morgan fingerprint density at radius 3 is 2.29 bits per heavy atom. The summed E-state index contributed by atoms with van der Waals surface area (Å²) in [4.78, 5) is 0.242. The van der Waals surface area contributed by atoms with Gasteiger partial charge < -0.3 is 10.1 Å². The molecule has 0 fully saturated rings. The van der Waals surface area contributed by atoms with Crippen LogP contribution in [0.25, 0.3) is 0 Å². The predicted molar refractivity (Wildman–Crippen MR) is 85.1 cm³/mol. The summed E-state index contributed by atoms with van der Waals surface area (Å²) in [5.74, 6) is 0.403. The van der Waals surface area contributed by atoms with E-state index in [1.165, 1.54) is 11.4 Å². The Labute approximate surface area is 128 Å². The molecule has 0 amide bonds. The van der Waals surface area contributed by atoms with Gasteiger partial charge in [-0.25, -0.2) is 8.42 Å². The topological polar surface area (TPSA) is 58.6 Å². The van der Waals surface area contributed by atoms with Crippen LogP contribution in [0.1, 0.15) is 32.3 Å². The van der Waals surface area contributed by atoms with Crippen molar-refractivity contribution in [3.63, 3.8) is 0 Å². The molecular weight excluding hydrogens is 288 g/mol. The summed E-state index contributed by atoms with van der Waals surface area (Å²) in [6.07, 6.45) is 1.58. The molecule has 6 heteroatoms. The summed E-state index contributed by atoms with van der Waals surface area (Å²) in [6.45, 7) is 5.68. The zero-order valence-electron chi connectivity index (χ0n) is 13.3. The molecule has 0 radical (unpaired) electrons. The molecule has 120 valence electrons. The minimum atomic E-state index is -3.51. The van der Waals surface area contributed by atoms with Crippen molar-refractivity contribution in [2.45, 2.75) is 38.1 Å². The smallest absolute Gasteiger partial charge is 0.246 e. The molecular formula is C15H26N2O3S. The number of rotatable bonds is 9. The minimum Gasteiger partial charge on any atom is -0.495 e. The van der Waals surface area contributed by atoms with Crippen LogP contribution in [0.15, 0.2) is 23.1 Å². The number of nitrogens with one attached hydrogen (secondary N) is 1. The number of sulfonamides is 1. The van der Waals surface area contributed by atoms with Crippen LogP contribution < -0.4 is 10.1 Å². The van der Waals surface area contributed by atoms with E-state index in [0.717, 1.165) is 18.4 Å². The molecule has 1 aromatic rings. The monoisotopic (exact) mass is 314 g/mol. The average molecular weight is 314 g/mol. The van der Waals surface area contributed by atoms with Crippen LogP contribution in [0.3, 0.4) is 0 Å². The standard InChI is InChI=1S/C15H26N2O3S/c1-5-9-17(10-6-2)21(18,19)15-8-7-13(12-16-3)11-14(15)20-4/h7-8,11,16H,5-6,9-10,12H2,1-4H3. The highest BCUT2D eigenvalue weighted by Gasteiger charge is 2.26. The molecule has 0 saturated carbocycles. The van der Waals surface area contributed by atoms with Crippen LogP contribution in [0, 0.1) is 0 Å². The quantitative estimate of drug-likeness (QED) is 0.759. The maximum absolute atomic E-state index is 12.8. The second-order valence-electron chi connectivity index (χ2n) is 4.92. The van der Waals surface area contributed by atoms with Gasteiger partial charge in [0.05, 0.1) is 7.11 Å². The van der Waals surface area contributed by atoms with Crippen molar-refractivity contribution in [2.75, 3.05) is 27.2 Å². The summed E-state index contributed by atoms with van der Waals surface area (Å²) in [6, 6.07) is 5.24. The molecule has 0 heterocycles. The van der Waals surface area contributed by atoms with Gasteiger partial charge in [-0.1, -0.05) is 19.9 Å². The third kappa shape index (κ3) is 4.43. The molecule has 0 unspecified atom stereocenters. The summed E-state index contributed by atoms with van der Waals surface area (Å²) >= 11 is 0. The molecule has 1 rings (SSSR count). The lowest BCUT2D eigenvalue weighted by atomic mass is 10.2. The molecule has 0 bridgehead atoms. The van der Waals surface area contributed by atoms with Gasteiger partial charge in [-0.15, -0.1) is 0 Å². The van der Waals surface area contributed by atoms with Crippen molar-refractivity contribution in [3.05, 3.63) is 23.8 Å². The molecule has 21 heavy (non-hydrogen) atoms. The van der Waals surface area contributed by atoms with E-state index < -0.39 is 10.0 Å². The van der Waals surface area contributed by atoms with Gasteiger partial charge in [0.1, 0.15) is 10.6 Å². The van der Waals surface area contributed by atoms with Gasteiger partial charge >= 0.3 is 0 Å². The lowest BCUT2D eigenvalue weighted by Gasteiger charge is -2.22. The van der Waals surface area contributed by atoms with Crippen LogP contribution in [-0.2, 0) is 16.6 Å². The molecule has 5 nitrogen and oxygen atoms in total. The third-order valence-electron chi connectivity index (χ3n) is 3.17. The molecule has 1 aromatic carbocycles. The van der Waals surface area contributed by atoms with Gasteiger partial charge in [-0.05, 0) is 37.6 Å². The molecule has 0 atom stereocenters. The lowest BCUT2D eigenvalue weighted by Crippen LogP contribution is -2.32. The summed E-state index contributed by atoms with van der Waals surface area (Å²) in [7, 11) is -0.162. The SMILES string of the molecule is CCCN(CCC)S(=O)(=O)c1ccc(CNC)cc1OC. The molecule has 1 N–H and O–H groups in total. The van der Waals surface area contributed by atoms with E-state index >= 15 is 0 Å². The molecule has 0 aliphatic heterocycles. The van der Waals surface area contributed by atoms with E-state index in [1.54, 1.807) is 12.1 Å². The molecule has 0 aliphatic carbocycles. The largest absolute Gasteiger partial charge is 0.495 e. The second-order valence-corrected chi connectivity index (χ2v) is 6.83. The van der Waals surface area contributed by atoms with Crippen LogP contribution in [0.4, 0.5) is 0 Å². The zero-order valence-corrected chi connectivity index (χ0v) is 14.2. The Morgan fingerprint density at radius 2 is 1.81 bits per heavy atom. The summed E-state index contributed by atoms with van der Waals surface area (Å²) < 4.78 is 32.4. The highest BCUT2D eigenvalue weighted by atomic mass is 32.2. The van der Waals surface area contributed by atoms with E-state index in [1.807, 2.05) is 27.0 Å². The van der Waals surface area contributed by atoms with Gasteiger partial charge in [0.15, 0.2) is 0 Å². The maximum Gasteiger partial charge on any atom is 0.246 e. The number of hydrogen-bond acceptors (Lipinski definition) is 4. The van der Waals surface area contributed by atoms with E-state index in [9.17, 15) is 8.42 Å². The summed E-state index contributed by atoms with van der Waals surface area (Å²) in [5.41, 5.74) is 0.992. The Hall–Kier alpha value is -1.11. The first kappa shape index (κ1) is 17.9. The number of methoxy groups -OCH3 is 1. The Morgan fingerprint density at radius 1 is 1.19 bits per heavy atom. The second kappa shape index (κ2) is 8.36. The van der Waals surface area contributed by atoms with Crippen LogP contribution >= 0.6 is 0 Å². The van der Waals surface area contributed by atoms with E-state index in [2.05, 4.69) is 5.32 Å². The minimum absolute atomic E-state index is 0.242. The molecule has 0 aliphatic rings. The molecule has 0 aromatic heterocycles. The number of nitrogens with zero attached hydrogens (tertiary/aromatic N) is 1. The zero-order chi connectivity index (χ0) is 15.9. The molecule has 0 spiro atoms. The van der Waals surface area contributed by atoms with E-state index in [4.69, 9.17) is 4.74 Å². The fraction of sp³-hybridized carbons (Fsp3) is 0.600. The van der Waals surface area contributed by atoms with Crippen molar-refractivity contribution in [1.29, 1.82) is 0 Å². The normalized spacial score (nSPS) is 11.9. The van der Waals surface area contributed by atoms with Crippen LogP contribution in [0.2, 0.25) is 0 Å². The highest BCUT2D eigenvalue weighted by molar-refractivity contribution is 7.89. The van der Waals surface area contributed by atoms with Crippen LogP contribution in [0.5, 0.6) is 5.75 Å². The fourth-order valence-corrected chi connectivity index (χ4v) is 3.99. The Kier molecular flexibility index (Phi) is 7.14. The van der Waals surface area contributed by atoms with Gasteiger partial charge in [0.25, 0.3) is 0 Å². The first-order valence-corrected chi connectivity index (χ1v) is 8.76. The van der Waals surface area contributed by atoms with E-state index in [-0.39, 0.29) is 4.90 Å². The Balaban J connectivity index is 3.22. The van der Waals surface area contributed by atoms with Gasteiger partial charge in [-0.2, -0.15) is 4.31 Å².